The number of anilines is 1. The number of aryl methyl sites for hydroxylation is 3. The molecule has 0 aliphatic carbocycles. The monoisotopic (exact) mass is 514 g/mol. The van der Waals surface area contributed by atoms with Crippen LogP contribution in [0.3, 0.4) is 0 Å². The molecule has 0 saturated heterocycles. The number of aromatic nitrogens is 3. The van der Waals surface area contributed by atoms with Gasteiger partial charge in [0.05, 0.1) is 18.4 Å². The van der Waals surface area contributed by atoms with E-state index in [9.17, 15) is 9.59 Å². The van der Waals surface area contributed by atoms with Crippen molar-refractivity contribution in [3.63, 3.8) is 0 Å². The summed E-state index contributed by atoms with van der Waals surface area (Å²) in [6.45, 7) is 12.3. The van der Waals surface area contributed by atoms with Gasteiger partial charge in [0.15, 0.2) is 17.1 Å². The van der Waals surface area contributed by atoms with E-state index in [1.807, 2.05) is 43.5 Å². The highest BCUT2D eigenvalue weighted by Gasteiger charge is 2.21. The fourth-order valence-electron chi connectivity index (χ4n) is 3.32. The van der Waals surface area contributed by atoms with Gasteiger partial charge in [0.1, 0.15) is 10.8 Å². The number of ether oxygens (including phenoxy) is 2. The quantitative estimate of drug-likeness (QED) is 0.209. The van der Waals surface area contributed by atoms with E-state index in [-0.39, 0.29) is 17.8 Å². The normalized spacial score (nSPS) is 11.7. The van der Waals surface area contributed by atoms with Crippen LogP contribution in [0, 0.1) is 13.8 Å². The van der Waals surface area contributed by atoms with E-state index in [0.717, 1.165) is 22.6 Å². The first kappa shape index (κ1) is 26.5. The predicted octanol–water partition coefficient (Wildman–Crippen LogP) is 5.36. The molecule has 0 spiro atoms. The Morgan fingerprint density at radius 2 is 2.03 bits per heavy atom. The number of carbonyl (C=O) groups excluding carboxylic acids is 2. The molecule has 1 amide bonds. The fraction of sp³-hybridized carbons (Fsp3) is 0.360. The van der Waals surface area contributed by atoms with E-state index in [4.69, 9.17) is 9.47 Å². The van der Waals surface area contributed by atoms with Gasteiger partial charge in [0, 0.05) is 11.4 Å². The molecule has 35 heavy (non-hydrogen) atoms. The molecule has 8 nitrogen and oxygen atoms in total. The molecule has 2 aromatic heterocycles. The number of benzene rings is 1. The number of nitrogens with one attached hydrogen (secondary N) is 1. The van der Waals surface area contributed by atoms with Gasteiger partial charge in [-0.15, -0.1) is 28.1 Å². The van der Waals surface area contributed by atoms with E-state index in [0.29, 0.717) is 28.1 Å². The molecule has 3 rings (SSSR count). The summed E-state index contributed by atoms with van der Waals surface area (Å²) in [6, 6.07) is 7.71. The molecule has 0 aliphatic heterocycles. The lowest BCUT2D eigenvalue weighted by molar-refractivity contribution is -0.113. The van der Waals surface area contributed by atoms with Crippen LogP contribution in [-0.4, -0.2) is 39.5 Å². The second kappa shape index (κ2) is 12.0. The zero-order valence-electron chi connectivity index (χ0n) is 20.6. The number of nitrogens with zero attached hydrogens (tertiary/aromatic N) is 3. The lowest BCUT2D eigenvalue weighted by Crippen LogP contribution is -2.16. The summed E-state index contributed by atoms with van der Waals surface area (Å²) in [4.78, 5) is 25.7. The van der Waals surface area contributed by atoms with Crippen molar-refractivity contribution in [3.8, 4) is 5.75 Å². The van der Waals surface area contributed by atoms with Gasteiger partial charge in [-0.2, -0.15) is 0 Å². The standard InChI is InChI=1S/C25H30N4O4S2/c1-7-11-29-22(17(5)33-18-10-9-15(3)16(4)12-18)27-28-25(29)34-14-21(30)26-23-20(24(31)32-6)13-19(8-2)35-23/h7,9-10,12-13,17H,1,8,11,14H2,2-6H3,(H,26,30). The Hall–Kier alpha value is -3.11. The number of thiophene rings is 1. The highest BCUT2D eigenvalue weighted by Crippen LogP contribution is 2.30. The van der Waals surface area contributed by atoms with Gasteiger partial charge >= 0.3 is 5.97 Å². The van der Waals surface area contributed by atoms with Crippen molar-refractivity contribution in [1.82, 2.24) is 14.8 Å². The Bertz CT molecular complexity index is 1220. The molecule has 10 heteroatoms. The van der Waals surface area contributed by atoms with Gasteiger partial charge in [-0.1, -0.05) is 30.8 Å². The van der Waals surface area contributed by atoms with Crippen LogP contribution >= 0.6 is 23.1 Å². The molecule has 1 aromatic carbocycles. The third-order valence-electron chi connectivity index (χ3n) is 5.33. The molecule has 0 fully saturated rings. The predicted molar refractivity (Wildman–Crippen MR) is 140 cm³/mol. The number of hydrogen-bond acceptors (Lipinski definition) is 8. The number of amides is 1. The first-order valence-corrected chi connectivity index (χ1v) is 13.0. The molecular weight excluding hydrogens is 484 g/mol. The maximum Gasteiger partial charge on any atom is 0.340 e. The molecule has 1 unspecified atom stereocenters. The van der Waals surface area contributed by atoms with Crippen molar-refractivity contribution in [2.45, 2.75) is 51.9 Å². The number of methoxy groups -OCH3 is 1. The summed E-state index contributed by atoms with van der Waals surface area (Å²) in [5, 5.41) is 12.5. The van der Waals surface area contributed by atoms with Crippen molar-refractivity contribution in [2.24, 2.45) is 0 Å². The second-order valence-electron chi connectivity index (χ2n) is 7.88. The van der Waals surface area contributed by atoms with Gasteiger partial charge in [0.2, 0.25) is 5.91 Å². The Morgan fingerprint density at radius 1 is 1.26 bits per heavy atom. The Morgan fingerprint density at radius 3 is 2.69 bits per heavy atom. The Balaban J connectivity index is 1.70. The topological polar surface area (TPSA) is 95.3 Å². The van der Waals surface area contributed by atoms with Crippen LogP contribution in [-0.2, 0) is 22.5 Å². The van der Waals surface area contributed by atoms with Crippen LogP contribution in [0.2, 0.25) is 0 Å². The van der Waals surface area contributed by atoms with Crippen molar-refractivity contribution in [1.29, 1.82) is 0 Å². The first-order valence-electron chi connectivity index (χ1n) is 11.2. The van der Waals surface area contributed by atoms with Crippen molar-refractivity contribution in [3.05, 3.63) is 64.3 Å². The molecule has 186 valence electrons. The average molecular weight is 515 g/mol. The summed E-state index contributed by atoms with van der Waals surface area (Å²) in [6.07, 6.45) is 2.16. The molecule has 1 N–H and O–H groups in total. The number of carbonyl (C=O) groups is 2. The zero-order chi connectivity index (χ0) is 25.5. The van der Waals surface area contributed by atoms with E-state index < -0.39 is 5.97 Å². The molecular formula is C25H30N4O4S2. The van der Waals surface area contributed by atoms with Gasteiger partial charge < -0.3 is 14.8 Å². The molecule has 0 bridgehead atoms. The lowest BCUT2D eigenvalue weighted by atomic mass is 10.1. The SMILES string of the molecule is C=CCn1c(SCC(=O)Nc2sc(CC)cc2C(=O)OC)nnc1C(C)Oc1ccc(C)c(C)c1. The second-order valence-corrected chi connectivity index (χ2v) is 9.96. The Kier molecular flexibility index (Phi) is 9.11. The van der Waals surface area contributed by atoms with Gasteiger partial charge in [0.25, 0.3) is 0 Å². The summed E-state index contributed by atoms with van der Waals surface area (Å²) in [5.41, 5.74) is 2.71. The first-order chi connectivity index (χ1) is 16.8. The summed E-state index contributed by atoms with van der Waals surface area (Å²) >= 11 is 2.63. The van der Waals surface area contributed by atoms with Gasteiger partial charge in [-0.05, 0) is 56.5 Å². The largest absolute Gasteiger partial charge is 0.483 e. The maximum atomic E-state index is 12.7. The van der Waals surface area contributed by atoms with Crippen molar-refractivity contribution < 1.29 is 19.1 Å². The fourth-order valence-corrected chi connectivity index (χ4v) is 5.07. The van der Waals surface area contributed by atoms with Gasteiger partial charge in [-0.25, -0.2) is 4.79 Å². The van der Waals surface area contributed by atoms with Crippen LogP contribution in [0.15, 0.2) is 42.1 Å². The highest BCUT2D eigenvalue weighted by atomic mass is 32.2. The summed E-state index contributed by atoms with van der Waals surface area (Å²) < 4.78 is 12.8. The molecule has 2 heterocycles. The van der Waals surface area contributed by atoms with Crippen LogP contribution in [0.4, 0.5) is 5.00 Å². The number of allylic oxidation sites excluding steroid dienone is 1. The molecule has 3 aromatic rings. The maximum absolute atomic E-state index is 12.7. The third kappa shape index (κ3) is 6.52. The van der Waals surface area contributed by atoms with E-state index in [2.05, 4.69) is 29.0 Å². The van der Waals surface area contributed by atoms with Crippen molar-refractivity contribution in [2.75, 3.05) is 18.2 Å². The minimum absolute atomic E-state index is 0.0989. The molecule has 0 radical (unpaired) electrons. The van der Waals surface area contributed by atoms with Crippen LogP contribution < -0.4 is 10.1 Å². The van der Waals surface area contributed by atoms with Crippen LogP contribution in [0.25, 0.3) is 0 Å². The van der Waals surface area contributed by atoms with E-state index in [1.165, 1.54) is 35.8 Å². The van der Waals surface area contributed by atoms with Gasteiger partial charge in [-0.3, -0.25) is 9.36 Å². The zero-order valence-corrected chi connectivity index (χ0v) is 22.2. The minimum Gasteiger partial charge on any atom is -0.483 e. The molecule has 1 atom stereocenters. The Labute approximate surface area is 213 Å². The summed E-state index contributed by atoms with van der Waals surface area (Å²) in [7, 11) is 1.32. The van der Waals surface area contributed by atoms with E-state index >= 15 is 0 Å². The number of thioether (sulfide) groups is 1. The van der Waals surface area contributed by atoms with Crippen LogP contribution in [0.1, 0.15) is 52.1 Å². The molecule has 0 aliphatic rings. The highest BCUT2D eigenvalue weighted by molar-refractivity contribution is 7.99. The number of rotatable bonds is 11. The number of esters is 1. The van der Waals surface area contributed by atoms with Crippen molar-refractivity contribution >= 4 is 40.0 Å². The third-order valence-corrected chi connectivity index (χ3v) is 7.50. The van der Waals surface area contributed by atoms with Crippen LogP contribution in [0.5, 0.6) is 5.75 Å². The minimum atomic E-state index is -0.475. The smallest absolute Gasteiger partial charge is 0.340 e. The van der Waals surface area contributed by atoms with E-state index in [1.54, 1.807) is 12.1 Å². The summed E-state index contributed by atoms with van der Waals surface area (Å²) in [5.74, 6) is 0.772. The average Bonchev–Trinajstić information content (AvgIpc) is 3.43. The lowest BCUT2D eigenvalue weighted by Gasteiger charge is -2.16. The molecule has 0 saturated carbocycles. The number of hydrogen-bond donors (Lipinski definition) is 1.